The van der Waals surface area contributed by atoms with Gasteiger partial charge in [-0.25, -0.2) is 14.5 Å². The topological polar surface area (TPSA) is 60.9 Å². The van der Waals surface area contributed by atoms with Crippen molar-refractivity contribution < 1.29 is 0 Å². The molecule has 0 aromatic carbocycles. The lowest BCUT2D eigenvalue weighted by molar-refractivity contribution is 0.683. The third-order valence-electron chi connectivity index (χ3n) is 4.14. The molecule has 0 saturated heterocycles. The third-order valence-corrected chi connectivity index (χ3v) is 4.44. The lowest BCUT2D eigenvalue weighted by Crippen LogP contribution is -2.00. The normalized spacial score (nSPS) is 14.8. The fraction of sp³-hybridized carbons (Fsp3) is 0.250. The van der Waals surface area contributed by atoms with Gasteiger partial charge in [-0.15, -0.1) is 0 Å². The van der Waals surface area contributed by atoms with E-state index >= 15 is 0 Å². The molecule has 114 valence electrons. The fourth-order valence-electron chi connectivity index (χ4n) is 2.83. The SMILES string of the molecule is Clc1nccc2nn(Cc3cn4nc(C5CC5)ccc4n3)cc12. The first kappa shape index (κ1) is 13.0. The molecular weight excluding hydrogens is 312 g/mol. The highest BCUT2D eigenvalue weighted by Gasteiger charge is 2.25. The van der Waals surface area contributed by atoms with Gasteiger partial charge in [-0.2, -0.15) is 10.2 Å². The van der Waals surface area contributed by atoms with E-state index in [1.54, 1.807) is 6.20 Å². The van der Waals surface area contributed by atoms with Crippen molar-refractivity contribution in [2.24, 2.45) is 0 Å². The molecule has 0 spiro atoms. The van der Waals surface area contributed by atoms with Crippen molar-refractivity contribution in [1.29, 1.82) is 0 Å². The lowest BCUT2D eigenvalue weighted by Gasteiger charge is -1.96. The highest BCUT2D eigenvalue weighted by molar-refractivity contribution is 6.34. The average Bonchev–Trinajstić information content (AvgIpc) is 3.18. The number of hydrogen-bond donors (Lipinski definition) is 0. The Morgan fingerprint density at radius 1 is 1.13 bits per heavy atom. The Morgan fingerprint density at radius 2 is 2.04 bits per heavy atom. The molecule has 4 aromatic heterocycles. The summed E-state index contributed by atoms with van der Waals surface area (Å²) < 4.78 is 3.70. The Bertz CT molecular complexity index is 1030. The van der Waals surface area contributed by atoms with Crippen LogP contribution in [-0.4, -0.2) is 29.4 Å². The van der Waals surface area contributed by atoms with Crippen LogP contribution in [0.4, 0.5) is 0 Å². The number of halogens is 1. The zero-order chi connectivity index (χ0) is 15.4. The Balaban J connectivity index is 1.50. The van der Waals surface area contributed by atoms with E-state index in [0.29, 0.717) is 17.6 Å². The van der Waals surface area contributed by atoms with Crippen molar-refractivity contribution in [2.45, 2.75) is 25.3 Å². The molecule has 1 aliphatic carbocycles. The molecule has 0 unspecified atom stereocenters. The summed E-state index contributed by atoms with van der Waals surface area (Å²) in [7, 11) is 0. The second-order valence-electron chi connectivity index (χ2n) is 5.93. The van der Waals surface area contributed by atoms with Crippen molar-refractivity contribution in [2.75, 3.05) is 0 Å². The highest BCUT2D eigenvalue weighted by atomic mass is 35.5. The Labute approximate surface area is 136 Å². The van der Waals surface area contributed by atoms with Gasteiger partial charge in [0.25, 0.3) is 0 Å². The summed E-state index contributed by atoms with van der Waals surface area (Å²) in [5.74, 6) is 0.635. The van der Waals surface area contributed by atoms with E-state index in [0.717, 1.165) is 27.9 Å². The maximum Gasteiger partial charge on any atom is 0.153 e. The third kappa shape index (κ3) is 2.26. The Kier molecular flexibility index (Phi) is 2.69. The van der Waals surface area contributed by atoms with Crippen molar-refractivity contribution in [1.82, 2.24) is 29.4 Å². The average molecular weight is 325 g/mol. The minimum absolute atomic E-state index is 0.472. The van der Waals surface area contributed by atoms with Crippen molar-refractivity contribution >= 4 is 28.2 Å². The molecule has 0 amide bonds. The van der Waals surface area contributed by atoms with Gasteiger partial charge in [0.15, 0.2) is 5.65 Å². The summed E-state index contributed by atoms with van der Waals surface area (Å²) in [4.78, 5) is 8.69. The highest BCUT2D eigenvalue weighted by Crippen LogP contribution is 2.38. The van der Waals surface area contributed by atoms with E-state index in [1.165, 1.54) is 12.8 Å². The summed E-state index contributed by atoms with van der Waals surface area (Å²) in [6, 6.07) is 5.97. The van der Waals surface area contributed by atoms with E-state index in [2.05, 4.69) is 26.2 Å². The summed E-state index contributed by atoms with van der Waals surface area (Å²) >= 11 is 6.10. The first-order valence-corrected chi connectivity index (χ1v) is 7.97. The minimum Gasteiger partial charge on any atom is -0.265 e. The maximum absolute atomic E-state index is 6.10. The van der Waals surface area contributed by atoms with Crippen LogP contribution in [0.5, 0.6) is 0 Å². The molecule has 7 heteroatoms. The molecule has 0 aliphatic heterocycles. The molecule has 5 rings (SSSR count). The van der Waals surface area contributed by atoms with Crippen LogP contribution >= 0.6 is 11.6 Å². The second kappa shape index (κ2) is 4.76. The van der Waals surface area contributed by atoms with Gasteiger partial charge in [0, 0.05) is 18.3 Å². The van der Waals surface area contributed by atoms with E-state index in [9.17, 15) is 0 Å². The van der Waals surface area contributed by atoms with Gasteiger partial charge in [0.1, 0.15) is 5.15 Å². The summed E-state index contributed by atoms with van der Waals surface area (Å²) in [6.07, 6.45) is 8.02. The molecule has 1 aliphatic rings. The minimum atomic E-state index is 0.472. The molecule has 0 N–H and O–H groups in total. The van der Waals surface area contributed by atoms with Crippen LogP contribution in [0, 0.1) is 0 Å². The van der Waals surface area contributed by atoms with E-state index in [-0.39, 0.29) is 0 Å². The molecule has 23 heavy (non-hydrogen) atoms. The van der Waals surface area contributed by atoms with Crippen LogP contribution in [0.25, 0.3) is 16.6 Å². The van der Waals surface area contributed by atoms with Crippen molar-refractivity contribution in [3.8, 4) is 0 Å². The predicted molar refractivity (Wildman–Crippen MR) is 86.6 cm³/mol. The van der Waals surface area contributed by atoms with E-state index in [4.69, 9.17) is 11.6 Å². The van der Waals surface area contributed by atoms with Gasteiger partial charge in [0.2, 0.25) is 0 Å². The Hall–Kier alpha value is -2.47. The number of aromatic nitrogens is 6. The van der Waals surface area contributed by atoms with Crippen LogP contribution in [0.2, 0.25) is 5.15 Å². The Morgan fingerprint density at radius 3 is 2.87 bits per heavy atom. The summed E-state index contributed by atoms with van der Waals surface area (Å²) in [5.41, 5.74) is 3.77. The lowest BCUT2D eigenvalue weighted by atomic mass is 10.3. The largest absolute Gasteiger partial charge is 0.265 e. The van der Waals surface area contributed by atoms with Crippen LogP contribution in [0.15, 0.2) is 36.8 Å². The molecule has 1 saturated carbocycles. The number of hydrogen-bond acceptors (Lipinski definition) is 4. The van der Waals surface area contributed by atoms with E-state index < -0.39 is 0 Å². The monoisotopic (exact) mass is 324 g/mol. The number of rotatable bonds is 3. The standard InChI is InChI=1S/C16H13ClN6/c17-16-12-9-22(20-14(12)5-6-18-16)7-11-8-23-15(19-11)4-3-13(21-23)10-1-2-10/h3-6,8-10H,1-2,7H2. The molecule has 6 nitrogen and oxygen atoms in total. The quantitative estimate of drug-likeness (QED) is 0.543. The zero-order valence-electron chi connectivity index (χ0n) is 12.2. The first-order chi connectivity index (χ1) is 11.3. The van der Waals surface area contributed by atoms with Gasteiger partial charge in [0.05, 0.1) is 35.0 Å². The maximum atomic E-state index is 6.10. The fourth-order valence-corrected chi connectivity index (χ4v) is 3.03. The van der Waals surface area contributed by atoms with Crippen LogP contribution in [0.3, 0.4) is 0 Å². The molecule has 0 bridgehead atoms. The molecule has 0 radical (unpaired) electrons. The predicted octanol–water partition coefficient (Wildman–Crippen LogP) is 3.05. The number of fused-ring (bicyclic) bond motifs is 2. The zero-order valence-corrected chi connectivity index (χ0v) is 13.0. The van der Waals surface area contributed by atoms with Crippen LogP contribution in [0.1, 0.15) is 30.1 Å². The second-order valence-corrected chi connectivity index (χ2v) is 6.29. The number of nitrogens with zero attached hydrogens (tertiary/aromatic N) is 6. The molecule has 1 fully saturated rings. The van der Waals surface area contributed by atoms with Gasteiger partial charge in [-0.3, -0.25) is 4.68 Å². The van der Waals surface area contributed by atoms with Crippen LogP contribution < -0.4 is 0 Å². The van der Waals surface area contributed by atoms with Crippen molar-refractivity contribution in [3.05, 3.63) is 53.3 Å². The van der Waals surface area contributed by atoms with Gasteiger partial charge >= 0.3 is 0 Å². The van der Waals surface area contributed by atoms with E-state index in [1.807, 2.05) is 33.7 Å². The molecule has 4 heterocycles. The molecule has 0 atom stereocenters. The summed E-state index contributed by atoms with van der Waals surface area (Å²) in [5, 5.41) is 10.5. The smallest absolute Gasteiger partial charge is 0.153 e. The number of imidazole rings is 1. The summed E-state index contributed by atoms with van der Waals surface area (Å²) in [6.45, 7) is 0.577. The van der Waals surface area contributed by atoms with Gasteiger partial charge in [-0.1, -0.05) is 11.6 Å². The van der Waals surface area contributed by atoms with Crippen LogP contribution in [-0.2, 0) is 6.54 Å². The van der Waals surface area contributed by atoms with Gasteiger partial charge < -0.3 is 0 Å². The molecule has 4 aromatic rings. The molecular formula is C16H13ClN6. The van der Waals surface area contributed by atoms with Gasteiger partial charge in [-0.05, 0) is 31.0 Å². The number of pyridine rings is 1. The van der Waals surface area contributed by atoms with Crippen molar-refractivity contribution in [3.63, 3.8) is 0 Å². The first-order valence-electron chi connectivity index (χ1n) is 7.59.